The maximum Gasteiger partial charge on any atom is 0.172 e. The summed E-state index contributed by atoms with van der Waals surface area (Å²) in [5, 5.41) is 16.8. The Bertz CT molecular complexity index is 812. The van der Waals surface area contributed by atoms with E-state index in [1.807, 2.05) is 55.5 Å². The Kier molecular flexibility index (Phi) is 5.33. The van der Waals surface area contributed by atoms with Crippen molar-refractivity contribution in [2.24, 2.45) is 0 Å². The number of aliphatic hydroxyl groups excluding tert-OH is 1. The quantitative estimate of drug-likeness (QED) is 0.651. The standard InChI is InChI=1S/C19H19BrN2O2/c1-13-17(12-21-18-5-3-2-4-14(18)10-11-23)19(24-22-13)15-6-8-16(20)9-7-15/h2-9,21,23H,10-12H2,1H3. The van der Waals surface area contributed by atoms with Crippen molar-refractivity contribution in [3.05, 3.63) is 69.8 Å². The number of aromatic nitrogens is 1. The molecule has 3 rings (SSSR count). The lowest BCUT2D eigenvalue weighted by Crippen LogP contribution is -2.05. The number of hydrogen-bond acceptors (Lipinski definition) is 4. The molecular weight excluding hydrogens is 368 g/mol. The highest BCUT2D eigenvalue weighted by Gasteiger charge is 2.15. The zero-order valence-corrected chi connectivity index (χ0v) is 15.0. The molecule has 0 aliphatic rings. The van der Waals surface area contributed by atoms with E-state index in [0.29, 0.717) is 13.0 Å². The fraction of sp³-hybridized carbons (Fsp3) is 0.211. The topological polar surface area (TPSA) is 58.3 Å². The minimum Gasteiger partial charge on any atom is -0.396 e. The van der Waals surface area contributed by atoms with E-state index >= 15 is 0 Å². The third kappa shape index (κ3) is 3.68. The van der Waals surface area contributed by atoms with E-state index in [0.717, 1.165) is 38.3 Å². The van der Waals surface area contributed by atoms with Gasteiger partial charge in [0.2, 0.25) is 0 Å². The van der Waals surface area contributed by atoms with Gasteiger partial charge in [0.05, 0.1) is 5.69 Å². The number of nitrogens with one attached hydrogen (secondary N) is 1. The number of para-hydroxylation sites is 1. The second kappa shape index (κ2) is 7.64. The molecule has 0 atom stereocenters. The van der Waals surface area contributed by atoms with Crippen molar-refractivity contribution in [2.75, 3.05) is 11.9 Å². The van der Waals surface area contributed by atoms with Crippen LogP contribution in [0.1, 0.15) is 16.8 Å². The monoisotopic (exact) mass is 386 g/mol. The van der Waals surface area contributed by atoms with E-state index in [2.05, 4.69) is 26.4 Å². The summed E-state index contributed by atoms with van der Waals surface area (Å²) in [6, 6.07) is 16.0. The molecule has 0 unspecified atom stereocenters. The molecule has 4 nitrogen and oxygen atoms in total. The van der Waals surface area contributed by atoms with Crippen molar-refractivity contribution in [3.63, 3.8) is 0 Å². The SMILES string of the molecule is Cc1noc(-c2ccc(Br)cc2)c1CNc1ccccc1CCO. The Morgan fingerprint density at radius 3 is 2.62 bits per heavy atom. The van der Waals surface area contributed by atoms with E-state index in [9.17, 15) is 5.11 Å². The molecule has 0 saturated heterocycles. The van der Waals surface area contributed by atoms with Gasteiger partial charge in [-0.05, 0) is 37.1 Å². The van der Waals surface area contributed by atoms with Crippen LogP contribution in [0.2, 0.25) is 0 Å². The molecule has 0 saturated carbocycles. The average Bonchev–Trinajstić information content (AvgIpc) is 2.96. The largest absolute Gasteiger partial charge is 0.396 e. The van der Waals surface area contributed by atoms with Gasteiger partial charge in [-0.2, -0.15) is 0 Å². The first-order valence-corrected chi connectivity index (χ1v) is 8.62. The fourth-order valence-corrected chi connectivity index (χ4v) is 2.90. The van der Waals surface area contributed by atoms with Crippen LogP contribution in [-0.2, 0) is 13.0 Å². The summed E-state index contributed by atoms with van der Waals surface area (Å²) >= 11 is 3.45. The van der Waals surface area contributed by atoms with E-state index in [1.165, 1.54) is 0 Å². The number of anilines is 1. The van der Waals surface area contributed by atoms with Crippen LogP contribution < -0.4 is 5.32 Å². The first-order valence-electron chi connectivity index (χ1n) is 7.82. The molecule has 0 fully saturated rings. The van der Waals surface area contributed by atoms with Crippen molar-refractivity contribution in [2.45, 2.75) is 19.9 Å². The predicted octanol–water partition coefficient (Wildman–Crippen LogP) is 4.56. The predicted molar refractivity (Wildman–Crippen MR) is 98.9 cm³/mol. The maximum atomic E-state index is 9.20. The molecule has 2 aromatic carbocycles. The molecule has 3 aromatic rings. The molecule has 2 N–H and O–H groups in total. The number of benzene rings is 2. The molecule has 0 aliphatic heterocycles. The van der Waals surface area contributed by atoms with Crippen molar-refractivity contribution in [1.82, 2.24) is 5.16 Å². The highest BCUT2D eigenvalue weighted by atomic mass is 79.9. The number of halogens is 1. The van der Waals surface area contributed by atoms with Gasteiger partial charge >= 0.3 is 0 Å². The minimum atomic E-state index is 0.134. The number of aliphatic hydroxyl groups is 1. The van der Waals surface area contributed by atoms with E-state index in [-0.39, 0.29) is 6.61 Å². The Balaban J connectivity index is 1.84. The van der Waals surface area contributed by atoms with Crippen LogP contribution in [0.5, 0.6) is 0 Å². The fourth-order valence-electron chi connectivity index (χ4n) is 2.64. The first kappa shape index (κ1) is 16.7. The van der Waals surface area contributed by atoms with Gasteiger partial charge in [-0.25, -0.2) is 0 Å². The van der Waals surface area contributed by atoms with Gasteiger partial charge in [0.15, 0.2) is 5.76 Å². The second-order valence-electron chi connectivity index (χ2n) is 5.57. The van der Waals surface area contributed by atoms with Gasteiger partial charge in [-0.1, -0.05) is 51.4 Å². The van der Waals surface area contributed by atoms with Gasteiger partial charge in [0, 0.05) is 34.4 Å². The Morgan fingerprint density at radius 2 is 1.88 bits per heavy atom. The van der Waals surface area contributed by atoms with E-state index in [4.69, 9.17) is 4.52 Å². The highest BCUT2D eigenvalue weighted by Crippen LogP contribution is 2.28. The highest BCUT2D eigenvalue weighted by molar-refractivity contribution is 9.10. The second-order valence-corrected chi connectivity index (χ2v) is 6.48. The van der Waals surface area contributed by atoms with E-state index in [1.54, 1.807) is 0 Å². The van der Waals surface area contributed by atoms with Gasteiger partial charge in [-0.3, -0.25) is 0 Å². The molecule has 24 heavy (non-hydrogen) atoms. The summed E-state index contributed by atoms with van der Waals surface area (Å²) in [4.78, 5) is 0. The normalized spacial score (nSPS) is 10.8. The molecular formula is C19H19BrN2O2. The van der Waals surface area contributed by atoms with Crippen LogP contribution in [-0.4, -0.2) is 16.9 Å². The summed E-state index contributed by atoms with van der Waals surface area (Å²) < 4.78 is 6.57. The number of hydrogen-bond donors (Lipinski definition) is 2. The summed E-state index contributed by atoms with van der Waals surface area (Å²) in [6.07, 6.45) is 0.630. The lowest BCUT2D eigenvalue weighted by molar-refractivity contribution is 0.300. The molecule has 0 bridgehead atoms. The average molecular weight is 387 g/mol. The molecule has 0 spiro atoms. The van der Waals surface area contributed by atoms with Crippen LogP contribution in [0.15, 0.2) is 57.5 Å². The minimum absolute atomic E-state index is 0.134. The van der Waals surface area contributed by atoms with Crippen LogP contribution in [0.25, 0.3) is 11.3 Å². The summed E-state index contributed by atoms with van der Waals surface area (Å²) in [5.41, 5.74) is 5.03. The zero-order chi connectivity index (χ0) is 16.9. The summed E-state index contributed by atoms with van der Waals surface area (Å²) in [6.45, 7) is 2.70. The molecule has 0 aliphatic carbocycles. The van der Waals surface area contributed by atoms with Gasteiger partial charge < -0.3 is 14.9 Å². The number of aryl methyl sites for hydroxylation is 1. The Morgan fingerprint density at radius 1 is 1.12 bits per heavy atom. The lowest BCUT2D eigenvalue weighted by Gasteiger charge is -2.11. The third-order valence-electron chi connectivity index (χ3n) is 3.95. The van der Waals surface area contributed by atoms with Crippen LogP contribution in [0.4, 0.5) is 5.69 Å². The summed E-state index contributed by atoms with van der Waals surface area (Å²) in [5.74, 6) is 0.784. The van der Waals surface area contributed by atoms with Crippen LogP contribution >= 0.6 is 15.9 Å². The van der Waals surface area contributed by atoms with Crippen molar-refractivity contribution in [3.8, 4) is 11.3 Å². The Hall–Kier alpha value is -2.11. The molecule has 0 amide bonds. The van der Waals surface area contributed by atoms with Gasteiger partial charge in [-0.15, -0.1) is 0 Å². The Labute approximate surface area is 149 Å². The van der Waals surface area contributed by atoms with Gasteiger partial charge in [0.25, 0.3) is 0 Å². The summed E-state index contributed by atoms with van der Waals surface area (Å²) in [7, 11) is 0. The maximum absolute atomic E-state index is 9.20. The van der Waals surface area contributed by atoms with Crippen LogP contribution in [0.3, 0.4) is 0 Å². The number of rotatable bonds is 6. The molecule has 1 aromatic heterocycles. The molecule has 0 radical (unpaired) electrons. The molecule has 1 heterocycles. The van der Waals surface area contributed by atoms with Crippen molar-refractivity contribution >= 4 is 21.6 Å². The smallest absolute Gasteiger partial charge is 0.172 e. The lowest BCUT2D eigenvalue weighted by atomic mass is 10.1. The zero-order valence-electron chi connectivity index (χ0n) is 13.4. The molecule has 5 heteroatoms. The third-order valence-corrected chi connectivity index (χ3v) is 4.47. The van der Waals surface area contributed by atoms with E-state index < -0.39 is 0 Å². The van der Waals surface area contributed by atoms with Crippen LogP contribution in [0, 0.1) is 6.92 Å². The van der Waals surface area contributed by atoms with Crippen molar-refractivity contribution in [1.29, 1.82) is 0 Å². The molecule has 124 valence electrons. The number of nitrogens with zero attached hydrogens (tertiary/aromatic N) is 1. The first-order chi connectivity index (χ1) is 11.7. The van der Waals surface area contributed by atoms with Gasteiger partial charge in [0.1, 0.15) is 0 Å². The van der Waals surface area contributed by atoms with Crippen molar-refractivity contribution < 1.29 is 9.63 Å².